The molecular formula is C22H12Cl3FN4O2. The molecule has 2 aliphatic heterocycles. The lowest BCUT2D eigenvalue weighted by Crippen LogP contribution is -2.57. The van der Waals surface area contributed by atoms with Gasteiger partial charge in [-0.3, -0.25) is 5.41 Å². The number of nitrogens with one attached hydrogen (secondary N) is 1. The Labute approximate surface area is 197 Å². The van der Waals surface area contributed by atoms with Gasteiger partial charge in [0.25, 0.3) is 0 Å². The van der Waals surface area contributed by atoms with Crippen molar-refractivity contribution < 1.29 is 13.9 Å². The predicted octanol–water partition coefficient (Wildman–Crippen LogP) is 5.90. The highest BCUT2D eigenvalue weighted by molar-refractivity contribution is 6.35. The minimum Gasteiger partial charge on any atom is -0.443 e. The molecular weight excluding hydrogens is 478 g/mol. The number of rotatable bonds is 2. The molecule has 2 heterocycles. The van der Waals surface area contributed by atoms with Gasteiger partial charge in [-0.2, -0.15) is 15.8 Å². The van der Waals surface area contributed by atoms with Crippen LogP contribution in [0.5, 0.6) is 0 Å². The normalized spacial score (nSPS) is 30.0. The molecule has 0 radical (unpaired) electrons. The van der Waals surface area contributed by atoms with Crippen molar-refractivity contribution in [3.63, 3.8) is 0 Å². The third-order valence-electron chi connectivity index (χ3n) is 6.22. The second kappa shape index (κ2) is 7.34. The van der Waals surface area contributed by atoms with E-state index in [1.54, 1.807) is 0 Å². The first-order valence-corrected chi connectivity index (χ1v) is 10.4. The summed E-state index contributed by atoms with van der Waals surface area (Å²) in [7, 11) is 0. The molecule has 0 saturated carbocycles. The van der Waals surface area contributed by atoms with Crippen molar-refractivity contribution in [1.82, 2.24) is 0 Å². The minimum atomic E-state index is -2.24. The Kier molecular flexibility index (Phi) is 5.12. The molecule has 1 N–H and O–H groups in total. The molecule has 4 rings (SSSR count). The van der Waals surface area contributed by atoms with Crippen molar-refractivity contribution in [3.05, 3.63) is 68.4 Å². The Bertz CT molecular complexity index is 1280. The first kappa shape index (κ1) is 22.3. The number of halogens is 4. The van der Waals surface area contributed by atoms with E-state index in [2.05, 4.69) is 0 Å². The number of ether oxygens (including phenoxy) is 2. The minimum absolute atomic E-state index is 0.0780. The first-order valence-electron chi connectivity index (χ1n) is 9.23. The van der Waals surface area contributed by atoms with Crippen LogP contribution in [0.4, 0.5) is 4.39 Å². The molecule has 160 valence electrons. The third kappa shape index (κ3) is 2.56. The van der Waals surface area contributed by atoms with Gasteiger partial charge < -0.3 is 9.47 Å². The van der Waals surface area contributed by atoms with Crippen LogP contribution in [0.25, 0.3) is 0 Å². The molecule has 0 aliphatic carbocycles. The number of nitriles is 3. The van der Waals surface area contributed by atoms with E-state index in [4.69, 9.17) is 49.7 Å². The fourth-order valence-corrected chi connectivity index (χ4v) is 5.25. The topological polar surface area (TPSA) is 114 Å². The average Bonchev–Trinajstić information content (AvgIpc) is 2.92. The van der Waals surface area contributed by atoms with Gasteiger partial charge in [0.05, 0.1) is 34.2 Å². The highest BCUT2D eigenvalue weighted by Crippen LogP contribution is 2.69. The fourth-order valence-electron chi connectivity index (χ4n) is 4.59. The van der Waals surface area contributed by atoms with Gasteiger partial charge in [-0.15, -0.1) is 0 Å². The van der Waals surface area contributed by atoms with Crippen LogP contribution in [0.15, 0.2) is 36.4 Å². The second-order valence-corrected chi connectivity index (χ2v) is 8.82. The Morgan fingerprint density at radius 2 is 1.69 bits per heavy atom. The van der Waals surface area contributed by atoms with Crippen molar-refractivity contribution in [3.8, 4) is 18.2 Å². The summed E-state index contributed by atoms with van der Waals surface area (Å²) in [6.45, 7) is 1.54. The molecule has 4 atom stereocenters. The van der Waals surface area contributed by atoms with Crippen LogP contribution in [-0.2, 0) is 15.3 Å². The average molecular weight is 490 g/mol. The van der Waals surface area contributed by atoms with Gasteiger partial charge in [0.1, 0.15) is 11.9 Å². The summed E-state index contributed by atoms with van der Waals surface area (Å²) in [5.74, 6) is -4.24. The van der Waals surface area contributed by atoms with Gasteiger partial charge in [-0.25, -0.2) is 4.39 Å². The molecule has 10 heteroatoms. The van der Waals surface area contributed by atoms with Crippen LogP contribution in [0.2, 0.25) is 15.1 Å². The highest BCUT2D eigenvalue weighted by Gasteiger charge is 2.80. The number of nitrogens with zero attached hydrogens (tertiary/aromatic N) is 3. The number of hydrogen-bond acceptors (Lipinski definition) is 6. The maximum Gasteiger partial charge on any atom is 0.245 e. The van der Waals surface area contributed by atoms with E-state index < -0.39 is 40.4 Å². The summed E-state index contributed by atoms with van der Waals surface area (Å²) in [4.78, 5) is 0. The molecule has 0 aromatic heterocycles. The zero-order valence-electron chi connectivity index (χ0n) is 16.3. The van der Waals surface area contributed by atoms with Gasteiger partial charge in [-0.1, -0.05) is 47.8 Å². The largest absolute Gasteiger partial charge is 0.443 e. The molecule has 32 heavy (non-hydrogen) atoms. The van der Waals surface area contributed by atoms with E-state index >= 15 is 0 Å². The first-order chi connectivity index (χ1) is 15.1. The zero-order chi connectivity index (χ0) is 23.5. The van der Waals surface area contributed by atoms with Crippen LogP contribution in [0, 0.1) is 62.0 Å². The van der Waals surface area contributed by atoms with Crippen LogP contribution >= 0.6 is 34.8 Å². The molecule has 6 nitrogen and oxygen atoms in total. The fraction of sp³-hybridized carbons (Fsp3) is 0.273. The molecule has 4 unspecified atom stereocenters. The molecule has 2 aromatic carbocycles. The summed E-state index contributed by atoms with van der Waals surface area (Å²) in [6, 6.07) is 13.9. The van der Waals surface area contributed by atoms with Crippen LogP contribution in [0.3, 0.4) is 0 Å². The van der Waals surface area contributed by atoms with E-state index in [1.807, 2.05) is 18.2 Å². The van der Waals surface area contributed by atoms with Gasteiger partial charge in [0.15, 0.2) is 5.41 Å². The van der Waals surface area contributed by atoms with E-state index in [1.165, 1.54) is 37.3 Å². The molecule has 2 fully saturated rings. The summed E-state index contributed by atoms with van der Waals surface area (Å²) in [6.07, 6.45) is -1.48. The Morgan fingerprint density at radius 1 is 1.00 bits per heavy atom. The summed E-state index contributed by atoms with van der Waals surface area (Å²) in [5.41, 5.74) is -3.95. The smallest absolute Gasteiger partial charge is 0.245 e. The summed E-state index contributed by atoms with van der Waals surface area (Å²) < 4.78 is 26.4. The van der Waals surface area contributed by atoms with Crippen LogP contribution < -0.4 is 0 Å². The Morgan fingerprint density at radius 3 is 2.25 bits per heavy atom. The van der Waals surface area contributed by atoms with E-state index in [0.29, 0.717) is 5.02 Å². The van der Waals surface area contributed by atoms with Crippen LogP contribution in [-0.4, -0.2) is 5.90 Å². The van der Waals surface area contributed by atoms with Crippen LogP contribution in [0.1, 0.15) is 24.2 Å². The molecule has 2 aliphatic rings. The van der Waals surface area contributed by atoms with Crippen molar-refractivity contribution in [2.75, 3.05) is 0 Å². The van der Waals surface area contributed by atoms with Crippen molar-refractivity contribution >= 4 is 40.7 Å². The number of benzene rings is 2. The highest BCUT2D eigenvalue weighted by atomic mass is 35.5. The maximum absolute atomic E-state index is 14.3. The maximum atomic E-state index is 14.3. The van der Waals surface area contributed by atoms with E-state index in [0.717, 1.165) is 6.07 Å². The Hall–Kier alpha value is -2.86. The van der Waals surface area contributed by atoms with Crippen molar-refractivity contribution in [2.45, 2.75) is 18.8 Å². The molecule has 0 spiro atoms. The number of fused-ring (bicyclic) bond motifs is 2. The van der Waals surface area contributed by atoms with Crippen molar-refractivity contribution in [2.24, 2.45) is 16.7 Å². The summed E-state index contributed by atoms with van der Waals surface area (Å²) in [5, 5.41) is 39.5. The number of hydrogen-bond donors (Lipinski definition) is 1. The SMILES string of the molecule is CC1C2(c3ccc(Cl)cc3Cl)OC(=N)C1(C#N)C(C#N)(C#N)C(c1ccc(Cl)c(F)c1)O2. The lowest BCUT2D eigenvalue weighted by molar-refractivity contribution is -0.288. The predicted molar refractivity (Wildman–Crippen MR) is 113 cm³/mol. The molecule has 0 amide bonds. The summed E-state index contributed by atoms with van der Waals surface area (Å²) >= 11 is 18.2. The van der Waals surface area contributed by atoms with E-state index in [-0.39, 0.29) is 21.2 Å². The monoisotopic (exact) mass is 488 g/mol. The zero-order valence-corrected chi connectivity index (χ0v) is 18.6. The van der Waals surface area contributed by atoms with Gasteiger partial charge in [0, 0.05) is 10.6 Å². The second-order valence-electron chi connectivity index (χ2n) is 7.57. The van der Waals surface area contributed by atoms with Gasteiger partial charge >= 0.3 is 0 Å². The lowest BCUT2D eigenvalue weighted by Gasteiger charge is -2.49. The Balaban J connectivity index is 2.07. The third-order valence-corrected chi connectivity index (χ3v) is 7.08. The molecule has 2 bridgehead atoms. The molecule has 2 aromatic rings. The van der Waals surface area contributed by atoms with Gasteiger partial charge in [-0.05, 0) is 35.9 Å². The lowest BCUT2D eigenvalue weighted by atomic mass is 9.53. The quantitative estimate of drug-likeness (QED) is 0.564. The van der Waals surface area contributed by atoms with Gasteiger partial charge in [0.2, 0.25) is 17.1 Å². The van der Waals surface area contributed by atoms with Crippen molar-refractivity contribution in [1.29, 1.82) is 21.2 Å². The van der Waals surface area contributed by atoms with E-state index in [9.17, 15) is 20.2 Å². The molecule has 2 saturated heterocycles. The standard InChI is InChI=1S/C22H12Cl3FN4O2/c1-11-21(10-29)19(30)32-22(11,14-4-3-13(23)7-16(14)25)31-18(20(21,8-27)9-28)12-2-5-15(24)17(26)6-12/h2-7,11,18,30H,1H3.